The Kier molecular flexibility index (Phi) is 6.28. The largest absolute Gasteiger partial charge is 0.486 e. The molecule has 1 aliphatic rings. The Morgan fingerprint density at radius 2 is 1.81 bits per heavy atom. The topological polar surface area (TPSA) is 85.2 Å². The second-order valence-corrected chi connectivity index (χ2v) is 8.87. The van der Waals surface area contributed by atoms with E-state index in [9.17, 15) is 18.0 Å². The van der Waals surface area contributed by atoms with Crippen LogP contribution in [0.2, 0.25) is 0 Å². The molecule has 4 aromatic rings. The van der Waals surface area contributed by atoms with Crippen LogP contribution in [0.5, 0.6) is 5.75 Å². The van der Waals surface area contributed by atoms with Gasteiger partial charge in [-0.2, -0.15) is 18.3 Å². The minimum atomic E-state index is -4.55. The number of carbonyl (C=O) groups excluding carboxylic acids is 1. The van der Waals surface area contributed by atoms with Crippen LogP contribution in [0.3, 0.4) is 0 Å². The summed E-state index contributed by atoms with van der Waals surface area (Å²) < 4.78 is 46.7. The average molecular weight is 509 g/mol. The molecule has 0 atom stereocenters. The summed E-state index contributed by atoms with van der Waals surface area (Å²) in [6.07, 6.45) is 4.55. The Hall–Kier alpha value is -4.41. The van der Waals surface area contributed by atoms with Gasteiger partial charge in [-0.3, -0.25) is 19.4 Å². The van der Waals surface area contributed by atoms with Crippen LogP contribution < -0.4 is 15.0 Å². The van der Waals surface area contributed by atoms with Gasteiger partial charge in [-0.25, -0.2) is 0 Å². The lowest BCUT2D eigenvalue weighted by Crippen LogP contribution is -2.54. The van der Waals surface area contributed by atoms with Crippen molar-refractivity contribution in [2.24, 2.45) is 7.05 Å². The molecule has 1 amide bonds. The zero-order valence-corrected chi connectivity index (χ0v) is 20.0. The van der Waals surface area contributed by atoms with Crippen LogP contribution >= 0.6 is 0 Å². The van der Waals surface area contributed by atoms with Crippen molar-refractivity contribution in [3.63, 3.8) is 0 Å². The number of anilines is 2. The molecular weight excluding hydrogens is 485 g/mol. The number of aryl methyl sites for hydroxylation is 2. The third kappa shape index (κ3) is 5.40. The smallest absolute Gasteiger partial charge is 0.417 e. The van der Waals surface area contributed by atoms with E-state index in [1.54, 1.807) is 41.5 Å². The van der Waals surface area contributed by atoms with Crippen molar-refractivity contribution >= 4 is 17.3 Å². The number of halogens is 3. The van der Waals surface area contributed by atoms with Gasteiger partial charge in [0.05, 0.1) is 48.6 Å². The monoisotopic (exact) mass is 508 g/mol. The van der Waals surface area contributed by atoms with Gasteiger partial charge in [0.2, 0.25) is 0 Å². The second kappa shape index (κ2) is 9.57. The van der Waals surface area contributed by atoms with Gasteiger partial charge in [-0.1, -0.05) is 6.07 Å². The summed E-state index contributed by atoms with van der Waals surface area (Å²) in [6, 6.07) is 7.84. The van der Waals surface area contributed by atoms with E-state index in [2.05, 4.69) is 31.3 Å². The Morgan fingerprint density at radius 1 is 1.03 bits per heavy atom. The summed E-state index contributed by atoms with van der Waals surface area (Å²) in [6.45, 7) is 3.15. The van der Waals surface area contributed by atoms with E-state index in [1.165, 1.54) is 6.20 Å². The molecule has 11 heteroatoms. The SMILES string of the molecule is Cc1ccc(C(=O)Nc2cncc(C(F)(F)F)c2)cc1OC1CN(c2cncc(-c3cnn(C)c3)c2)C1. The summed E-state index contributed by atoms with van der Waals surface area (Å²) in [4.78, 5) is 22.8. The highest BCUT2D eigenvalue weighted by Crippen LogP contribution is 2.31. The molecule has 190 valence electrons. The number of nitrogens with zero attached hydrogens (tertiary/aromatic N) is 5. The van der Waals surface area contributed by atoms with Crippen LogP contribution in [0.15, 0.2) is 67.5 Å². The van der Waals surface area contributed by atoms with Crippen LogP contribution in [0.1, 0.15) is 21.5 Å². The van der Waals surface area contributed by atoms with Crippen molar-refractivity contribution in [3.05, 3.63) is 84.2 Å². The van der Waals surface area contributed by atoms with Gasteiger partial charge in [0.15, 0.2) is 0 Å². The lowest BCUT2D eigenvalue weighted by Gasteiger charge is -2.40. The fourth-order valence-electron chi connectivity index (χ4n) is 3.97. The molecule has 3 aromatic heterocycles. The molecule has 0 unspecified atom stereocenters. The molecule has 0 radical (unpaired) electrons. The number of aromatic nitrogens is 4. The minimum absolute atomic E-state index is 0.0420. The zero-order chi connectivity index (χ0) is 26.2. The van der Waals surface area contributed by atoms with E-state index in [-0.39, 0.29) is 17.4 Å². The van der Waals surface area contributed by atoms with Gasteiger partial charge >= 0.3 is 6.18 Å². The molecule has 37 heavy (non-hydrogen) atoms. The zero-order valence-electron chi connectivity index (χ0n) is 20.0. The quantitative estimate of drug-likeness (QED) is 0.406. The minimum Gasteiger partial charge on any atom is -0.486 e. The van der Waals surface area contributed by atoms with Crippen LogP contribution in [0, 0.1) is 6.92 Å². The van der Waals surface area contributed by atoms with Crippen molar-refractivity contribution < 1.29 is 22.7 Å². The second-order valence-electron chi connectivity index (χ2n) is 8.87. The number of rotatable bonds is 6. The third-order valence-corrected chi connectivity index (χ3v) is 6.04. The summed E-state index contributed by atoms with van der Waals surface area (Å²) >= 11 is 0. The molecule has 1 aliphatic heterocycles. The first-order valence-electron chi connectivity index (χ1n) is 11.5. The van der Waals surface area contributed by atoms with Crippen LogP contribution in [0.4, 0.5) is 24.5 Å². The molecule has 5 rings (SSSR count). The lowest BCUT2D eigenvalue weighted by molar-refractivity contribution is -0.137. The van der Waals surface area contributed by atoms with E-state index < -0.39 is 17.6 Å². The first kappa shape index (κ1) is 24.3. The molecule has 0 spiro atoms. The number of pyridine rings is 2. The normalized spacial score (nSPS) is 13.8. The third-order valence-electron chi connectivity index (χ3n) is 6.04. The number of benzene rings is 1. The van der Waals surface area contributed by atoms with Gasteiger partial charge in [-0.05, 0) is 36.8 Å². The fraction of sp³-hybridized carbons (Fsp3) is 0.231. The van der Waals surface area contributed by atoms with Crippen LogP contribution in [0.25, 0.3) is 11.1 Å². The number of amides is 1. The summed E-state index contributed by atoms with van der Waals surface area (Å²) in [7, 11) is 1.86. The predicted octanol–water partition coefficient (Wildman–Crippen LogP) is 4.72. The van der Waals surface area contributed by atoms with Gasteiger partial charge < -0.3 is 15.0 Å². The van der Waals surface area contributed by atoms with Gasteiger partial charge in [0.25, 0.3) is 5.91 Å². The molecule has 4 heterocycles. The van der Waals surface area contributed by atoms with E-state index in [0.717, 1.165) is 28.4 Å². The molecule has 8 nitrogen and oxygen atoms in total. The molecule has 0 bridgehead atoms. The Labute approximate surface area is 210 Å². The van der Waals surface area contributed by atoms with E-state index >= 15 is 0 Å². The fourth-order valence-corrected chi connectivity index (χ4v) is 3.97. The molecule has 0 aliphatic carbocycles. The van der Waals surface area contributed by atoms with E-state index in [0.29, 0.717) is 25.0 Å². The standard InChI is InChI=1S/C26H23F3N6O2/c1-16-3-4-17(25(36)33-21-7-20(10-31-11-21)26(27,28)29)6-24(16)37-23-14-35(15-23)22-5-18(8-30-12-22)19-9-32-34(2)13-19/h3-13,23H,14-15H2,1-2H3,(H,33,36). The first-order valence-corrected chi connectivity index (χ1v) is 11.5. The number of nitrogens with one attached hydrogen (secondary N) is 1. The molecule has 1 aromatic carbocycles. The van der Waals surface area contributed by atoms with Gasteiger partial charge in [0, 0.05) is 42.3 Å². The lowest BCUT2D eigenvalue weighted by atomic mass is 10.1. The predicted molar refractivity (Wildman–Crippen MR) is 131 cm³/mol. The highest BCUT2D eigenvalue weighted by atomic mass is 19.4. The first-order chi connectivity index (χ1) is 17.7. The number of carbonyl (C=O) groups is 1. The molecule has 1 saturated heterocycles. The van der Waals surface area contributed by atoms with E-state index in [1.807, 2.05) is 20.2 Å². The molecule has 1 N–H and O–H groups in total. The van der Waals surface area contributed by atoms with Crippen molar-refractivity contribution in [1.29, 1.82) is 0 Å². The Balaban J connectivity index is 1.23. The van der Waals surface area contributed by atoms with Crippen LogP contribution in [-0.2, 0) is 13.2 Å². The van der Waals surface area contributed by atoms with Crippen molar-refractivity contribution in [2.45, 2.75) is 19.2 Å². The van der Waals surface area contributed by atoms with E-state index in [4.69, 9.17) is 4.74 Å². The van der Waals surface area contributed by atoms with Gasteiger partial charge in [-0.15, -0.1) is 0 Å². The highest BCUT2D eigenvalue weighted by Gasteiger charge is 2.32. The van der Waals surface area contributed by atoms with Crippen molar-refractivity contribution in [1.82, 2.24) is 19.7 Å². The number of hydrogen-bond donors (Lipinski definition) is 1. The Morgan fingerprint density at radius 3 is 2.54 bits per heavy atom. The van der Waals surface area contributed by atoms with Crippen molar-refractivity contribution in [2.75, 3.05) is 23.3 Å². The van der Waals surface area contributed by atoms with Crippen LogP contribution in [-0.4, -0.2) is 44.8 Å². The molecular formula is C26H23F3N6O2. The summed E-state index contributed by atoms with van der Waals surface area (Å²) in [5.74, 6) is -0.0128. The molecule has 0 saturated carbocycles. The summed E-state index contributed by atoms with van der Waals surface area (Å²) in [5, 5.41) is 6.67. The van der Waals surface area contributed by atoms with Gasteiger partial charge in [0.1, 0.15) is 11.9 Å². The average Bonchev–Trinajstić information content (AvgIpc) is 3.28. The maximum atomic E-state index is 12.9. The Bertz CT molecular complexity index is 1450. The highest BCUT2D eigenvalue weighted by molar-refractivity contribution is 6.04. The summed E-state index contributed by atoms with van der Waals surface area (Å²) in [5.41, 5.74) is 3.06. The maximum Gasteiger partial charge on any atom is 0.417 e. The number of ether oxygens (including phenoxy) is 1. The number of alkyl halides is 3. The molecule has 1 fully saturated rings. The van der Waals surface area contributed by atoms with Crippen molar-refractivity contribution in [3.8, 4) is 16.9 Å². The number of hydrogen-bond acceptors (Lipinski definition) is 6. The maximum absolute atomic E-state index is 12.9.